The molecule has 2 aromatic rings. The van der Waals surface area contributed by atoms with E-state index in [1.807, 2.05) is 6.92 Å². The predicted octanol–water partition coefficient (Wildman–Crippen LogP) is 4.91. The molecule has 0 radical (unpaired) electrons. The smallest absolute Gasteiger partial charge is 0.147 e. The van der Waals surface area contributed by atoms with Crippen LogP contribution in [0.5, 0.6) is 0 Å². The fourth-order valence-corrected chi connectivity index (χ4v) is 3.44. The van der Waals surface area contributed by atoms with E-state index in [9.17, 15) is 4.79 Å². The lowest BCUT2D eigenvalue weighted by molar-refractivity contribution is -0.123. The van der Waals surface area contributed by atoms with Gasteiger partial charge in [0.25, 0.3) is 0 Å². The summed E-state index contributed by atoms with van der Waals surface area (Å²) < 4.78 is 0. The Balaban J connectivity index is 2.70. The van der Waals surface area contributed by atoms with Gasteiger partial charge >= 0.3 is 0 Å². The summed E-state index contributed by atoms with van der Waals surface area (Å²) in [6.45, 7) is 8.34. The Labute approximate surface area is 152 Å². The van der Waals surface area contributed by atoms with Gasteiger partial charge in [-0.3, -0.25) is 4.79 Å². The SMILES string of the molecule is CCC(=O)C(C[C@H](C)N(C)C)(c1ccc(C)cc1)c1ccc(C)cc1. The van der Waals surface area contributed by atoms with Crippen molar-refractivity contribution in [3.8, 4) is 0 Å². The minimum absolute atomic E-state index is 0.286. The summed E-state index contributed by atoms with van der Waals surface area (Å²) in [6.07, 6.45) is 1.31. The highest BCUT2D eigenvalue weighted by Gasteiger charge is 2.42. The van der Waals surface area contributed by atoms with Crippen molar-refractivity contribution in [2.75, 3.05) is 14.1 Å². The van der Waals surface area contributed by atoms with E-state index >= 15 is 0 Å². The van der Waals surface area contributed by atoms with E-state index in [0.717, 1.165) is 17.5 Å². The second kappa shape index (κ2) is 7.97. The molecule has 134 valence electrons. The van der Waals surface area contributed by atoms with Crippen molar-refractivity contribution in [1.82, 2.24) is 4.90 Å². The van der Waals surface area contributed by atoms with Crippen LogP contribution in [0.1, 0.15) is 48.9 Å². The quantitative estimate of drug-likeness (QED) is 0.715. The topological polar surface area (TPSA) is 20.3 Å². The highest BCUT2D eigenvalue weighted by atomic mass is 16.1. The van der Waals surface area contributed by atoms with Crippen LogP contribution >= 0.6 is 0 Å². The first-order valence-corrected chi connectivity index (χ1v) is 9.15. The highest BCUT2D eigenvalue weighted by molar-refractivity contribution is 5.93. The zero-order chi connectivity index (χ0) is 18.6. The number of carbonyl (C=O) groups excluding carboxylic acids is 1. The van der Waals surface area contributed by atoms with Crippen LogP contribution in [0, 0.1) is 13.8 Å². The number of Topliss-reactive ketones (excluding diaryl/α,β-unsaturated/α-hetero) is 1. The molecule has 2 nitrogen and oxygen atoms in total. The van der Waals surface area contributed by atoms with E-state index in [2.05, 4.69) is 88.3 Å². The van der Waals surface area contributed by atoms with Crippen LogP contribution in [-0.4, -0.2) is 30.8 Å². The van der Waals surface area contributed by atoms with Crippen LogP contribution in [0.15, 0.2) is 48.5 Å². The third kappa shape index (κ3) is 4.01. The first kappa shape index (κ1) is 19.4. The standard InChI is InChI=1S/C23H31NO/c1-7-22(25)23(16-19(4)24(5)6,20-12-8-17(2)9-13-20)21-14-10-18(3)11-15-21/h8-15,19H,7,16H2,1-6H3/t19-/m0/s1. The molecule has 0 amide bonds. The van der Waals surface area contributed by atoms with Crippen LogP contribution in [0.4, 0.5) is 0 Å². The van der Waals surface area contributed by atoms with E-state index in [4.69, 9.17) is 0 Å². The number of nitrogens with zero attached hydrogens (tertiary/aromatic N) is 1. The normalized spacial score (nSPS) is 13.1. The summed E-state index contributed by atoms with van der Waals surface area (Å²) in [6, 6.07) is 17.3. The molecule has 0 heterocycles. The maximum Gasteiger partial charge on any atom is 0.147 e. The summed E-state index contributed by atoms with van der Waals surface area (Å²) in [5.41, 5.74) is 4.03. The number of benzene rings is 2. The number of hydrogen-bond donors (Lipinski definition) is 0. The molecule has 0 spiro atoms. The minimum atomic E-state index is -0.597. The van der Waals surface area contributed by atoms with Crippen molar-refractivity contribution in [3.05, 3.63) is 70.8 Å². The molecule has 2 rings (SSSR count). The fourth-order valence-electron chi connectivity index (χ4n) is 3.44. The van der Waals surface area contributed by atoms with Gasteiger partial charge in [0.15, 0.2) is 0 Å². The second-order valence-corrected chi connectivity index (χ2v) is 7.43. The molecule has 2 aromatic carbocycles. The van der Waals surface area contributed by atoms with Gasteiger partial charge < -0.3 is 4.90 Å². The first-order chi connectivity index (χ1) is 11.8. The van der Waals surface area contributed by atoms with Crippen molar-refractivity contribution < 1.29 is 4.79 Å². The Hall–Kier alpha value is -1.93. The third-order valence-corrected chi connectivity index (χ3v) is 5.37. The predicted molar refractivity (Wildman–Crippen MR) is 106 cm³/mol. The number of carbonyl (C=O) groups is 1. The Morgan fingerprint density at radius 3 is 1.64 bits per heavy atom. The Bertz CT molecular complexity index is 652. The molecular weight excluding hydrogens is 306 g/mol. The van der Waals surface area contributed by atoms with E-state index in [1.165, 1.54) is 11.1 Å². The molecule has 0 unspecified atom stereocenters. The summed E-state index contributed by atoms with van der Waals surface area (Å²) in [5, 5.41) is 0. The van der Waals surface area contributed by atoms with Crippen molar-refractivity contribution in [2.45, 2.75) is 52.0 Å². The van der Waals surface area contributed by atoms with E-state index in [-0.39, 0.29) is 11.8 Å². The highest BCUT2D eigenvalue weighted by Crippen LogP contribution is 2.39. The first-order valence-electron chi connectivity index (χ1n) is 9.15. The molecule has 1 atom stereocenters. The summed E-state index contributed by atoms with van der Waals surface area (Å²) >= 11 is 0. The molecule has 0 saturated heterocycles. The minimum Gasteiger partial charge on any atom is -0.307 e. The number of hydrogen-bond acceptors (Lipinski definition) is 2. The molecule has 0 aliphatic carbocycles. The van der Waals surface area contributed by atoms with Crippen LogP contribution < -0.4 is 0 Å². The van der Waals surface area contributed by atoms with Gasteiger partial charge in [0.2, 0.25) is 0 Å². The molecule has 2 heteroatoms. The molecule has 0 saturated carbocycles. The van der Waals surface area contributed by atoms with Gasteiger partial charge in [-0.1, -0.05) is 66.6 Å². The van der Waals surface area contributed by atoms with Crippen LogP contribution in [-0.2, 0) is 10.2 Å². The van der Waals surface area contributed by atoms with Gasteiger partial charge in [0.05, 0.1) is 5.41 Å². The van der Waals surface area contributed by atoms with Gasteiger partial charge in [-0.05, 0) is 52.4 Å². The summed E-state index contributed by atoms with van der Waals surface area (Å²) in [7, 11) is 4.16. The van der Waals surface area contributed by atoms with Crippen molar-refractivity contribution in [3.63, 3.8) is 0 Å². The molecule has 0 aliphatic heterocycles. The van der Waals surface area contributed by atoms with Crippen molar-refractivity contribution in [1.29, 1.82) is 0 Å². The van der Waals surface area contributed by atoms with E-state index < -0.39 is 5.41 Å². The van der Waals surface area contributed by atoms with Crippen molar-refractivity contribution in [2.24, 2.45) is 0 Å². The lowest BCUT2D eigenvalue weighted by Gasteiger charge is -2.37. The average molecular weight is 338 g/mol. The molecule has 0 N–H and O–H groups in total. The van der Waals surface area contributed by atoms with Gasteiger partial charge in [0.1, 0.15) is 5.78 Å². The lowest BCUT2D eigenvalue weighted by atomic mass is 9.66. The third-order valence-electron chi connectivity index (χ3n) is 5.37. The largest absolute Gasteiger partial charge is 0.307 e. The molecule has 25 heavy (non-hydrogen) atoms. The van der Waals surface area contributed by atoms with Gasteiger partial charge in [-0.2, -0.15) is 0 Å². The summed E-state index contributed by atoms with van der Waals surface area (Å²) in [4.78, 5) is 15.5. The Kier molecular flexibility index (Phi) is 6.18. The van der Waals surface area contributed by atoms with E-state index in [0.29, 0.717) is 6.42 Å². The number of aryl methyl sites for hydroxylation is 2. The maximum absolute atomic E-state index is 13.3. The molecule has 0 fully saturated rings. The second-order valence-electron chi connectivity index (χ2n) is 7.43. The molecule has 0 aliphatic rings. The number of rotatable bonds is 7. The van der Waals surface area contributed by atoms with Crippen molar-refractivity contribution >= 4 is 5.78 Å². The average Bonchev–Trinajstić information content (AvgIpc) is 2.60. The van der Waals surface area contributed by atoms with Gasteiger partial charge in [0, 0.05) is 12.5 Å². The molecule has 0 bridgehead atoms. The number of ketones is 1. The van der Waals surface area contributed by atoms with E-state index in [1.54, 1.807) is 0 Å². The Morgan fingerprint density at radius 1 is 0.920 bits per heavy atom. The van der Waals surface area contributed by atoms with Crippen LogP contribution in [0.2, 0.25) is 0 Å². The maximum atomic E-state index is 13.3. The molecular formula is C23H31NO. The Morgan fingerprint density at radius 2 is 1.32 bits per heavy atom. The molecule has 0 aromatic heterocycles. The monoisotopic (exact) mass is 337 g/mol. The fraction of sp³-hybridized carbons (Fsp3) is 0.435. The van der Waals surface area contributed by atoms with Crippen LogP contribution in [0.25, 0.3) is 0 Å². The summed E-state index contributed by atoms with van der Waals surface area (Å²) in [5.74, 6) is 0.286. The van der Waals surface area contributed by atoms with Gasteiger partial charge in [-0.25, -0.2) is 0 Å². The van der Waals surface area contributed by atoms with Gasteiger partial charge in [-0.15, -0.1) is 0 Å². The zero-order valence-electron chi connectivity index (χ0n) is 16.5. The zero-order valence-corrected chi connectivity index (χ0v) is 16.5. The lowest BCUT2D eigenvalue weighted by Crippen LogP contribution is -2.43. The van der Waals surface area contributed by atoms with Crippen LogP contribution in [0.3, 0.4) is 0 Å².